The first-order valence-corrected chi connectivity index (χ1v) is 7.59. The minimum Gasteiger partial charge on any atom is -0.348 e. The molecule has 1 N–H and O–H groups in total. The topological polar surface area (TPSA) is 72.2 Å². The second-order valence-electron chi connectivity index (χ2n) is 4.45. The highest BCUT2D eigenvalue weighted by atomic mass is 32.2. The Hall–Kier alpha value is -2.41. The van der Waals surface area contributed by atoms with Gasteiger partial charge in [-0.15, -0.1) is 11.8 Å². The molecule has 114 valence electrons. The van der Waals surface area contributed by atoms with Gasteiger partial charge in [-0.2, -0.15) is 0 Å². The van der Waals surface area contributed by atoms with Gasteiger partial charge in [0.1, 0.15) is 11.4 Å². The van der Waals surface area contributed by atoms with Crippen molar-refractivity contribution in [1.29, 1.82) is 0 Å². The van der Waals surface area contributed by atoms with Crippen LogP contribution in [0.2, 0.25) is 0 Å². The summed E-state index contributed by atoms with van der Waals surface area (Å²) in [7, 11) is 0. The van der Waals surface area contributed by atoms with E-state index in [4.69, 9.17) is 0 Å². The standard InChI is InChI=1S/C15H13FN2O3S/c1-22-12-5-6-14(18(20)21)13(8-12)15(19)17-9-10-3-2-4-11(16)7-10/h2-8H,9H2,1H3,(H,17,19). The lowest BCUT2D eigenvalue weighted by molar-refractivity contribution is -0.385. The van der Waals surface area contributed by atoms with Crippen molar-refractivity contribution in [3.8, 4) is 0 Å². The molecule has 0 aliphatic carbocycles. The van der Waals surface area contributed by atoms with Gasteiger partial charge in [0.2, 0.25) is 0 Å². The number of amides is 1. The number of nitrogens with one attached hydrogen (secondary N) is 1. The molecule has 0 bridgehead atoms. The van der Waals surface area contributed by atoms with Crippen molar-refractivity contribution in [3.05, 3.63) is 69.5 Å². The van der Waals surface area contributed by atoms with Crippen LogP contribution in [0.25, 0.3) is 0 Å². The number of nitro groups is 1. The lowest BCUT2D eigenvalue weighted by Crippen LogP contribution is -2.23. The number of hydrogen-bond acceptors (Lipinski definition) is 4. The summed E-state index contributed by atoms with van der Waals surface area (Å²) >= 11 is 1.39. The Balaban J connectivity index is 2.19. The second kappa shape index (κ2) is 7.04. The first-order valence-electron chi connectivity index (χ1n) is 6.36. The summed E-state index contributed by atoms with van der Waals surface area (Å²) in [6, 6.07) is 10.2. The van der Waals surface area contributed by atoms with Gasteiger partial charge in [0.15, 0.2) is 0 Å². The third-order valence-corrected chi connectivity index (χ3v) is 3.71. The van der Waals surface area contributed by atoms with E-state index in [1.54, 1.807) is 12.1 Å². The maximum atomic E-state index is 13.1. The SMILES string of the molecule is CSc1ccc([N+](=O)[O-])c(C(=O)NCc2cccc(F)c2)c1. The molecule has 1 amide bonds. The monoisotopic (exact) mass is 320 g/mol. The summed E-state index contributed by atoms with van der Waals surface area (Å²) in [6.07, 6.45) is 1.82. The molecule has 2 aromatic carbocycles. The Morgan fingerprint density at radius 3 is 2.73 bits per heavy atom. The van der Waals surface area contributed by atoms with Gasteiger partial charge in [-0.05, 0) is 36.1 Å². The van der Waals surface area contributed by atoms with E-state index in [0.717, 1.165) is 4.90 Å². The molecule has 0 aromatic heterocycles. The predicted octanol–water partition coefficient (Wildman–Crippen LogP) is 3.39. The van der Waals surface area contributed by atoms with Gasteiger partial charge in [-0.1, -0.05) is 12.1 Å². The van der Waals surface area contributed by atoms with Crippen LogP contribution in [0.4, 0.5) is 10.1 Å². The number of rotatable bonds is 5. The van der Waals surface area contributed by atoms with E-state index in [9.17, 15) is 19.3 Å². The number of nitro benzene ring substituents is 1. The molecule has 7 heteroatoms. The van der Waals surface area contributed by atoms with Gasteiger partial charge in [-0.3, -0.25) is 14.9 Å². The van der Waals surface area contributed by atoms with E-state index in [1.165, 1.54) is 42.1 Å². The number of carbonyl (C=O) groups excluding carboxylic acids is 1. The van der Waals surface area contributed by atoms with Crippen LogP contribution in [0, 0.1) is 15.9 Å². The van der Waals surface area contributed by atoms with Crippen molar-refractivity contribution in [2.45, 2.75) is 11.4 Å². The third-order valence-electron chi connectivity index (χ3n) is 2.99. The van der Waals surface area contributed by atoms with E-state index in [-0.39, 0.29) is 17.8 Å². The highest BCUT2D eigenvalue weighted by molar-refractivity contribution is 7.98. The molecule has 0 saturated carbocycles. The number of nitrogens with zero attached hydrogens (tertiary/aromatic N) is 1. The zero-order valence-electron chi connectivity index (χ0n) is 11.7. The first kappa shape index (κ1) is 16.0. The van der Waals surface area contributed by atoms with E-state index in [0.29, 0.717) is 5.56 Å². The van der Waals surface area contributed by atoms with Crippen LogP contribution in [-0.2, 0) is 6.54 Å². The zero-order valence-corrected chi connectivity index (χ0v) is 12.5. The summed E-state index contributed by atoms with van der Waals surface area (Å²) in [5, 5.41) is 13.6. The molecule has 5 nitrogen and oxygen atoms in total. The third kappa shape index (κ3) is 3.82. The molecule has 0 unspecified atom stereocenters. The van der Waals surface area contributed by atoms with Crippen molar-refractivity contribution < 1.29 is 14.1 Å². The molecule has 0 atom stereocenters. The van der Waals surface area contributed by atoms with Gasteiger partial charge in [0.05, 0.1) is 4.92 Å². The van der Waals surface area contributed by atoms with Crippen LogP contribution in [0.5, 0.6) is 0 Å². The molecular weight excluding hydrogens is 307 g/mol. The van der Waals surface area contributed by atoms with Crippen molar-refractivity contribution in [3.63, 3.8) is 0 Å². The molecule has 0 aliphatic heterocycles. The number of halogens is 1. The molecule has 22 heavy (non-hydrogen) atoms. The Labute approximate surface area is 130 Å². The summed E-state index contributed by atoms with van der Waals surface area (Å²) in [5.74, 6) is -0.964. The minimum atomic E-state index is -0.596. The van der Waals surface area contributed by atoms with Crippen molar-refractivity contribution in [2.24, 2.45) is 0 Å². The highest BCUT2D eigenvalue weighted by Crippen LogP contribution is 2.24. The lowest BCUT2D eigenvalue weighted by atomic mass is 10.1. The van der Waals surface area contributed by atoms with E-state index in [1.807, 2.05) is 6.26 Å². The molecule has 2 aromatic rings. The number of hydrogen-bond donors (Lipinski definition) is 1. The van der Waals surface area contributed by atoms with Crippen LogP contribution in [0.15, 0.2) is 47.4 Å². The van der Waals surface area contributed by atoms with Crippen LogP contribution >= 0.6 is 11.8 Å². The molecule has 2 rings (SSSR count). The van der Waals surface area contributed by atoms with Gasteiger partial charge in [0.25, 0.3) is 11.6 Å². The van der Waals surface area contributed by atoms with Gasteiger partial charge >= 0.3 is 0 Å². The summed E-state index contributed by atoms with van der Waals surface area (Å²) in [5.41, 5.74) is 0.319. The van der Waals surface area contributed by atoms with Crippen LogP contribution in [0.1, 0.15) is 15.9 Å². The number of thioether (sulfide) groups is 1. The van der Waals surface area contributed by atoms with Gasteiger partial charge < -0.3 is 5.32 Å². The van der Waals surface area contributed by atoms with Crippen LogP contribution < -0.4 is 5.32 Å². The number of carbonyl (C=O) groups is 1. The molecule has 0 heterocycles. The summed E-state index contributed by atoms with van der Waals surface area (Å²) in [4.78, 5) is 23.3. The lowest BCUT2D eigenvalue weighted by Gasteiger charge is -2.07. The van der Waals surface area contributed by atoms with E-state index >= 15 is 0 Å². The molecule has 0 radical (unpaired) electrons. The Kier molecular flexibility index (Phi) is 5.11. The Morgan fingerprint density at radius 1 is 1.32 bits per heavy atom. The fraction of sp³-hybridized carbons (Fsp3) is 0.133. The highest BCUT2D eigenvalue weighted by Gasteiger charge is 2.20. The van der Waals surface area contributed by atoms with Crippen molar-refractivity contribution >= 4 is 23.4 Å². The fourth-order valence-electron chi connectivity index (χ4n) is 1.91. The molecule has 0 spiro atoms. The van der Waals surface area contributed by atoms with Gasteiger partial charge in [-0.25, -0.2) is 4.39 Å². The van der Waals surface area contributed by atoms with Crippen LogP contribution in [0.3, 0.4) is 0 Å². The average Bonchev–Trinajstić information content (AvgIpc) is 2.52. The number of benzene rings is 2. The van der Waals surface area contributed by atoms with Crippen molar-refractivity contribution in [1.82, 2.24) is 5.32 Å². The Bertz CT molecular complexity index is 722. The largest absolute Gasteiger partial charge is 0.348 e. The molecular formula is C15H13FN2O3S. The van der Waals surface area contributed by atoms with Gasteiger partial charge in [0, 0.05) is 17.5 Å². The predicted molar refractivity (Wildman–Crippen MR) is 82.4 cm³/mol. The molecule has 0 saturated heterocycles. The fourth-order valence-corrected chi connectivity index (χ4v) is 2.35. The average molecular weight is 320 g/mol. The molecule has 0 aliphatic rings. The Morgan fingerprint density at radius 2 is 2.09 bits per heavy atom. The second-order valence-corrected chi connectivity index (χ2v) is 5.33. The minimum absolute atomic E-state index is 0.00625. The summed E-state index contributed by atoms with van der Waals surface area (Å²) < 4.78 is 13.1. The smallest absolute Gasteiger partial charge is 0.282 e. The van der Waals surface area contributed by atoms with E-state index in [2.05, 4.69) is 5.32 Å². The first-order chi connectivity index (χ1) is 10.5. The maximum absolute atomic E-state index is 13.1. The normalized spacial score (nSPS) is 10.3. The maximum Gasteiger partial charge on any atom is 0.282 e. The quantitative estimate of drug-likeness (QED) is 0.521. The summed E-state index contributed by atoms with van der Waals surface area (Å²) in [6.45, 7) is 0.0945. The van der Waals surface area contributed by atoms with Crippen LogP contribution in [-0.4, -0.2) is 17.1 Å². The molecule has 0 fully saturated rings. The van der Waals surface area contributed by atoms with E-state index < -0.39 is 16.6 Å². The zero-order chi connectivity index (χ0) is 16.1. The van der Waals surface area contributed by atoms with Crippen molar-refractivity contribution in [2.75, 3.05) is 6.26 Å².